The number of nitrogens with one attached hydrogen (secondary N) is 1. The normalized spacial score (nSPS) is 8.46. The van der Waals surface area contributed by atoms with E-state index in [4.69, 9.17) is 5.11 Å². The second-order valence-electron chi connectivity index (χ2n) is 2.39. The molecule has 0 unspecified atom stereocenters. The van der Waals surface area contributed by atoms with Crippen LogP contribution in [-0.2, 0) is 9.59 Å². The van der Waals surface area contributed by atoms with Gasteiger partial charge in [0.2, 0.25) is 0 Å². The van der Waals surface area contributed by atoms with Crippen LogP contribution in [0.1, 0.15) is 0 Å². The van der Waals surface area contributed by atoms with Crippen LogP contribution < -0.4 is 5.32 Å². The maximum Gasteiger partial charge on any atom is 0.323 e. The van der Waals surface area contributed by atoms with Crippen LogP contribution in [-0.4, -0.2) is 49.1 Å². The van der Waals surface area contributed by atoms with Gasteiger partial charge in [-0.3, -0.25) is 9.59 Å². The van der Waals surface area contributed by atoms with Gasteiger partial charge in [-0.2, -0.15) is 0 Å². The number of hydrogen-bond acceptors (Lipinski definition) is 3. The Labute approximate surface area is 76.7 Å². The summed E-state index contributed by atoms with van der Waals surface area (Å²) < 4.78 is 0. The van der Waals surface area contributed by atoms with Crippen LogP contribution in [0.25, 0.3) is 0 Å². The molecule has 0 bridgehead atoms. The number of carboxylic acid groups (broad SMARTS) is 1. The van der Waals surface area contributed by atoms with Gasteiger partial charge in [0.1, 0.15) is 6.54 Å². The van der Waals surface area contributed by atoms with Crippen LogP contribution in [0.3, 0.4) is 0 Å². The highest BCUT2D eigenvalue weighted by atomic mass is 16.4. The number of carbonyl (C=O) groups is 2. The largest absolute Gasteiger partial charge is 0.480 e. The van der Waals surface area contributed by atoms with E-state index in [1.807, 2.05) is 0 Å². The molecule has 0 rings (SSSR count). The molecule has 0 saturated carbocycles. The number of likely N-dealkylation sites (N-methyl/N-ethyl adjacent to an activating group) is 1. The topological polar surface area (TPSA) is 69.6 Å². The lowest BCUT2D eigenvalue weighted by Gasteiger charge is -2.09. The molecule has 0 aromatic rings. The van der Waals surface area contributed by atoms with Gasteiger partial charge in [-0.25, -0.2) is 0 Å². The lowest BCUT2D eigenvalue weighted by atomic mass is 10.4. The first-order valence-electron chi connectivity index (χ1n) is 3.68. The molecule has 0 saturated heterocycles. The minimum Gasteiger partial charge on any atom is -0.480 e. The average Bonchev–Trinajstić information content (AvgIpc) is 2.03. The van der Waals surface area contributed by atoms with Crippen molar-refractivity contribution in [3.8, 4) is 11.8 Å². The molecule has 13 heavy (non-hydrogen) atoms. The van der Waals surface area contributed by atoms with Crippen molar-refractivity contribution in [3.63, 3.8) is 0 Å². The zero-order chi connectivity index (χ0) is 10.3. The summed E-state index contributed by atoms with van der Waals surface area (Å²) in [4.78, 5) is 22.3. The van der Waals surface area contributed by atoms with Crippen LogP contribution >= 0.6 is 0 Å². The fourth-order valence-corrected chi connectivity index (χ4v) is 0.578. The molecule has 0 aliphatic rings. The predicted molar refractivity (Wildman–Crippen MR) is 47.0 cm³/mol. The number of amides is 1. The van der Waals surface area contributed by atoms with E-state index in [1.54, 1.807) is 7.05 Å². The van der Waals surface area contributed by atoms with Gasteiger partial charge in [0.25, 0.3) is 5.91 Å². The molecule has 5 nitrogen and oxygen atoms in total. The van der Waals surface area contributed by atoms with Crippen molar-refractivity contribution in [1.29, 1.82) is 0 Å². The van der Waals surface area contributed by atoms with E-state index in [0.29, 0.717) is 6.54 Å². The van der Waals surface area contributed by atoms with E-state index in [2.05, 4.69) is 17.2 Å². The summed E-state index contributed by atoms with van der Waals surface area (Å²) in [6, 6.07) is 0. The number of carbonyl (C=O) groups excluding carboxylic acids is 1. The summed E-state index contributed by atoms with van der Waals surface area (Å²) in [5, 5.41) is 11.1. The molecule has 5 heteroatoms. The first-order chi connectivity index (χ1) is 6.07. The first-order valence-corrected chi connectivity index (χ1v) is 3.68. The summed E-state index contributed by atoms with van der Waals surface area (Å²) in [6.07, 6.45) is 0. The smallest absolute Gasteiger partial charge is 0.323 e. The zero-order valence-corrected chi connectivity index (χ0v) is 7.63. The Morgan fingerprint density at radius 1 is 1.54 bits per heavy atom. The van der Waals surface area contributed by atoms with Gasteiger partial charge in [0.15, 0.2) is 0 Å². The van der Waals surface area contributed by atoms with Gasteiger partial charge in [0.05, 0.1) is 6.54 Å². The molecule has 72 valence electrons. The summed E-state index contributed by atoms with van der Waals surface area (Å²) in [5.74, 6) is 3.31. The molecule has 1 amide bonds. The Bertz CT molecular complexity index is 252. The number of aliphatic carboxylic acids is 1. The van der Waals surface area contributed by atoms with Gasteiger partial charge in [-0.1, -0.05) is 5.92 Å². The molecule has 0 aromatic carbocycles. The van der Waals surface area contributed by atoms with Gasteiger partial charge in [-0.15, -0.1) is 0 Å². The lowest BCUT2D eigenvalue weighted by molar-refractivity contribution is -0.141. The first kappa shape index (κ1) is 11.5. The van der Waals surface area contributed by atoms with Crippen LogP contribution in [0.15, 0.2) is 0 Å². The Hall–Kier alpha value is -1.54. The fourth-order valence-electron chi connectivity index (χ4n) is 0.578. The third-order valence-electron chi connectivity index (χ3n) is 1.18. The van der Waals surface area contributed by atoms with Crippen molar-refractivity contribution >= 4 is 11.9 Å². The predicted octanol–water partition coefficient (Wildman–Crippen LogP) is -1.25. The zero-order valence-electron chi connectivity index (χ0n) is 7.63. The fraction of sp³-hybridized carbons (Fsp3) is 0.500. The summed E-state index contributed by atoms with van der Waals surface area (Å²) >= 11 is 0. The lowest BCUT2D eigenvalue weighted by Crippen LogP contribution is -2.30. The number of rotatable bonds is 3. The van der Waals surface area contributed by atoms with Gasteiger partial charge >= 0.3 is 5.97 Å². The van der Waals surface area contributed by atoms with Crippen molar-refractivity contribution in [1.82, 2.24) is 10.2 Å². The van der Waals surface area contributed by atoms with Gasteiger partial charge in [-0.05, 0) is 13.0 Å². The average molecular weight is 184 g/mol. The third kappa shape index (κ3) is 5.70. The van der Waals surface area contributed by atoms with Crippen LogP contribution in [0.4, 0.5) is 0 Å². The highest BCUT2D eigenvalue weighted by Gasteiger charge is 2.08. The van der Waals surface area contributed by atoms with E-state index in [-0.39, 0.29) is 6.54 Å². The Balaban J connectivity index is 3.98. The second-order valence-corrected chi connectivity index (χ2v) is 2.39. The van der Waals surface area contributed by atoms with Crippen LogP contribution in [0, 0.1) is 11.8 Å². The molecular weight excluding hydrogens is 172 g/mol. The number of nitrogens with zero attached hydrogens (tertiary/aromatic N) is 1. The Kier molecular flexibility index (Phi) is 5.32. The monoisotopic (exact) mass is 184 g/mol. The van der Waals surface area contributed by atoms with E-state index in [9.17, 15) is 9.59 Å². The summed E-state index contributed by atoms with van der Waals surface area (Å²) in [7, 11) is 3.10. The Morgan fingerprint density at radius 3 is 2.62 bits per heavy atom. The SMILES string of the molecule is CNCC#CC(=O)N(C)CC(=O)O. The highest BCUT2D eigenvalue weighted by molar-refractivity contribution is 5.95. The highest BCUT2D eigenvalue weighted by Crippen LogP contribution is 1.82. The summed E-state index contributed by atoms with van der Waals surface area (Å²) in [6.45, 7) is 0.0831. The van der Waals surface area contributed by atoms with Crippen molar-refractivity contribution in [3.05, 3.63) is 0 Å². The number of carboxylic acids is 1. The molecule has 0 aromatic heterocycles. The Morgan fingerprint density at radius 2 is 2.15 bits per heavy atom. The third-order valence-corrected chi connectivity index (χ3v) is 1.18. The molecule has 0 aliphatic heterocycles. The minimum absolute atomic E-state index is 0.326. The molecule has 0 radical (unpaired) electrons. The van der Waals surface area contributed by atoms with Crippen molar-refractivity contribution in [2.75, 3.05) is 27.2 Å². The van der Waals surface area contributed by atoms with Crippen LogP contribution in [0.5, 0.6) is 0 Å². The van der Waals surface area contributed by atoms with Crippen LogP contribution in [0.2, 0.25) is 0 Å². The molecule has 2 N–H and O–H groups in total. The van der Waals surface area contributed by atoms with Gasteiger partial charge < -0.3 is 15.3 Å². The second kappa shape index (κ2) is 6.03. The molecule has 0 spiro atoms. The van der Waals surface area contributed by atoms with Gasteiger partial charge in [0, 0.05) is 7.05 Å². The van der Waals surface area contributed by atoms with E-state index >= 15 is 0 Å². The molecule has 0 heterocycles. The van der Waals surface area contributed by atoms with E-state index in [1.165, 1.54) is 7.05 Å². The minimum atomic E-state index is -1.05. The van der Waals surface area contributed by atoms with Crippen molar-refractivity contribution in [2.24, 2.45) is 0 Å². The molecule has 0 atom stereocenters. The summed E-state index contributed by atoms with van der Waals surface area (Å²) in [5.41, 5.74) is 0. The maximum absolute atomic E-state index is 11.0. The van der Waals surface area contributed by atoms with E-state index in [0.717, 1.165) is 4.90 Å². The van der Waals surface area contributed by atoms with Crippen molar-refractivity contribution < 1.29 is 14.7 Å². The maximum atomic E-state index is 11.0. The molecular formula is C8H12N2O3. The van der Waals surface area contributed by atoms with E-state index < -0.39 is 11.9 Å². The number of hydrogen-bond donors (Lipinski definition) is 2. The quantitative estimate of drug-likeness (QED) is 0.538. The molecule has 0 aliphatic carbocycles. The van der Waals surface area contributed by atoms with Crippen molar-refractivity contribution in [2.45, 2.75) is 0 Å². The standard InChI is InChI=1S/C8H12N2O3/c1-9-5-3-4-7(11)10(2)6-8(12)13/h9H,5-6H2,1-2H3,(H,12,13). The molecule has 0 fully saturated rings.